The van der Waals surface area contributed by atoms with E-state index in [1.165, 1.54) is 0 Å². The molecule has 0 spiro atoms. The summed E-state index contributed by atoms with van der Waals surface area (Å²) < 4.78 is 16.1. The number of pyridine rings is 1. The summed E-state index contributed by atoms with van der Waals surface area (Å²) in [5.41, 5.74) is 10.2. The molecule has 5 heterocycles. The molecule has 9 heteroatoms. The van der Waals surface area contributed by atoms with Crippen molar-refractivity contribution in [1.29, 1.82) is 0 Å². The number of hydrogen-bond acceptors (Lipinski definition) is 7. The molecule has 0 atom stereocenters. The summed E-state index contributed by atoms with van der Waals surface area (Å²) in [6, 6.07) is 12.1. The topological polar surface area (TPSA) is 92.8 Å². The van der Waals surface area contributed by atoms with E-state index in [0.29, 0.717) is 31.9 Å². The van der Waals surface area contributed by atoms with Crippen molar-refractivity contribution in [3.8, 4) is 23.0 Å². The van der Waals surface area contributed by atoms with E-state index in [-0.39, 0.29) is 0 Å². The Morgan fingerprint density at radius 3 is 1.70 bits per heavy atom. The molecule has 0 aliphatic rings. The fourth-order valence-electron chi connectivity index (χ4n) is 6.73. The fraction of sp³-hybridized carbons (Fsp3) is 0.343. The van der Waals surface area contributed by atoms with Crippen LogP contribution in [0.3, 0.4) is 0 Å². The standard InChI is InChI=1S/C35H39N7O2/c1-9-43-30-14-12-11-13-29(30)42-23(6)33-21(4)38-40-28(35(33)25(42)8)17-16-27-34-24(7)41(22(5)32(34)20(3)37-39-27)26-15-18-31(36-19-26)44-10-2/h11-15,18-19H,9-10,16-17H2,1-8H3. The average molecular weight is 590 g/mol. The van der Waals surface area contributed by atoms with Gasteiger partial charge < -0.3 is 18.6 Å². The zero-order chi connectivity index (χ0) is 31.1. The van der Waals surface area contributed by atoms with Crippen LogP contribution in [0.1, 0.15) is 59.4 Å². The predicted octanol–water partition coefficient (Wildman–Crippen LogP) is 6.98. The Morgan fingerprint density at radius 1 is 0.591 bits per heavy atom. The third kappa shape index (κ3) is 4.76. The molecule has 0 bridgehead atoms. The lowest BCUT2D eigenvalue weighted by Crippen LogP contribution is -2.04. The maximum absolute atomic E-state index is 6.01. The molecule has 5 aromatic heterocycles. The van der Waals surface area contributed by atoms with Crippen molar-refractivity contribution >= 4 is 21.5 Å². The van der Waals surface area contributed by atoms with E-state index in [0.717, 1.165) is 84.2 Å². The Hall–Kier alpha value is -4.79. The summed E-state index contributed by atoms with van der Waals surface area (Å²) in [5, 5.41) is 23.2. The van der Waals surface area contributed by atoms with Crippen LogP contribution in [0.25, 0.3) is 32.9 Å². The zero-order valence-corrected chi connectivity index (χ0v) is 26.8. The number of hydrogen-bond donors (Lipinski definition) is 0. The maximum Gasteiger partial charge on any atom is 0.213 e. The Bertz CT molecular complexity index is 2000. The first-order chi connectivity index (χ1) is 21.3. The molecule has 0 fully saturated rings. The van der Waals surface area contributed by atoms with Gasteiger partial charge in [-0.2, -0.15) is 20.4 Å². The molecule has 0 amide bonds. The van der Waals surface area contributed by atoms with Crippen LogP contribution in [0.5, 0.6) is 11.6 Å². The highest BCUT2D eigenvalue weighted by Gasteiger charge is 2.23. The van der Waals surface area contributed by atoms with Crippen LogP contribution >= 0.6 is 0 Å². The van der Waals surface area contributed by atoms with Gasteiger partial charge in [-0.05, 0) is 86.4 Å². The minimum absolute atomic E-state index is 0.583. The number of benzene rings is 1. The van der Waals surface area contributed by atoms with Crippen LogP contribution in [0.4, 0.5) is 0 Å². The van der Waals surface area contributed by atoms with Crippen molar-refractivity contribution < 1.29 is 9.47 Å². The summed E-state index contributed by atoms with van der Waals surface area (Å²) in [6.45, 7) is 17.8. The summed E-state index contributed by atoms with van der Waals surface area (Å²) in [7, 11) is 0. The quantitative estimate of drug-likeness (QED) is 0.180. The van der Waals surface area contributed by atoms with Crippen LogP contribution in [-0.4, -0.2) is 47.7 Å². The molecule has 226 valence electrons. The molecule has 0 unspecified atom stereocenters. The monoisotopic (exact) mass is 589 g/mol. The second kappa shape index (κ2) is 11.7. The average Bonchev–Trinajstić information content (AvgIpc) is 3.44. The van der Waals surface area contributed by atoms with Crippen LogP contribution in [-0.2, 0) is 12.8 Å². The third-order valence-electron chi connectivity index (χ3n) is 8.51. The predicted molar refractivity (Wildman–Crippen MR) is 174 cm³/mol. The van der Waals surface area contributed by atoms with E-state index in [2.05, 4.69) is 58.1 Å². The van der Waals surface area contributed by atoms with Gasteiger partial charge in [-0.3, -0.25) is 0 Å². The van der Waals surface area contributed by atoms with Crippen LogP contribution < -0.4 is 9.47 Å². The lowest BCUT2D eigenvalue weighted by Gasteiger charge is -2.14. The lowest BCUT2D eigenvalue weighted by atomic mass is 10.0. The number of rotatable bonds is 9. The first-order valence-corrected chi connectivity index (χ1v) is 15.3. The number of fused-ring (bicyclic) bond motifs is 2. The second-order valence-corrected chi connectivity index (χ2v) is 11.2. The number of aromatic nitrogens is 7. The highest BCUT2D eigenvalue weighted by molar-refractivity contribution is 5.94. The van der Waals surface area contributed by atoms with E-state index < -0.39 is 0 Å². The van der Waals surface area contributed by atoms with Gasteiger partial charge in [0.2, 0.25) is 5.88 Å². The zero-order valence-electron chi connectivity index (χ0n) is 26.8. The second-order valence-electron chi connectivity index (χ2n) is 11.2. The number of ether oxygens (including phenoxy) is 2. The summed E-state index contributed by atoms with van der Waals surface area (Å²) in [6.07, 6.45) is 3.22. The highest BCUT2D eigenvalue weighted by atomic mass is 16.5. The van der Waals surface area contributed by atoms with Gasteiger partial charge in [-0.25, -0.2) is 4.98 Å². The Labute approximate surface area is 257 Å². The molecule has 0 aliphatic carbocycles. The van der Waals surface area contributed by atoms with Gasteiger partial charge in [-0.15, -0.1) is 0 Å². The molecule has 0 radical (unpaired) electrons. The van der Waals surface area contributed by atoms with Crippen molar-refractivity contribution in [3.05, 3.63) is 88.1 Å². The molecule has 6 aromatic rings. The smallest absolute Gasteiger partial charge is 0.213 e. The molecule has 44 heavy (non-hydrogen) atoms. The van der Waals surface area contributed by atoms with Crippen molar-refractivity contribution in [2.45, 2.75) is 68.2 Å². The SMILES string of the molecule is CCOc1ccc(-n2c(C)c3c(C)nnc(CCc4nnc(C)c5c(C)n(-c6ccccc6OCC)c(C)c45)c3c2C)cn1. The molecular weight excluding hydrogens is 550 g/mol. The van der Waals surface area contributed by atoms with Crippen molar-refractivity contribution in [2.75, 3.05) is 13.2 Å². The number of para-hydroxylation sites is 2. The third-order valence-corrected chi connectivity index (χ3v) is 8.51. The summed E-state index contributed by atoms with van der Waals surface area (Å²) >= 11 is 0. The van der Waals surface area contributed by atoms with E-state index in [1.54, 1.807) is 0 Å². The van der Waals surface area contributed by atoms with Gasteiger partial charge in [0.15, 0.2) is 0 Å². The normalized spacial score (nSPS) is 11.5. The van der Waals surface area contributed by atoms with Gasteiger partial charge in [0.1, 0.15) is 5.75 Å². The minimum atomic E-state index is 0.583. The van der Waals surface area contributed by atoms with Crippen LogP contribution in [0, 0.1) is 41.5 Å². The van der Waals surface area contributed by atoms with Gasteiger partial charge in [0, 0.05) is 50.4 Å². The molecule has 0 aliphatic heterocycles. The fourth-order valence-corrected chi connectivity index (χ4v) is 6.73. The molecule has 0 saturated carbocycles. The van der Waals surface area contributed by atoms with Crippen molar-refractivity contribution in [3.63, 3.8) is 0 Å². The van der Waals surface area contributed by atoms with Gasteiger partial charge in [-0.1, -0.05) is 12.1 Å². The Balaban J connectivity index is 1.43. The molecule has 0 saturated heterocycles. The lowest BCUT2D eigenvalue weighted by molar-refractivity contribution is 0.327. The highest BCUT2D eigenvalue weighted by Crippen LogP contribution is 2.36. The van der Waals surface area contributed by atoms with Crippen LogP contribution in [0.15, 0.2) is 42.6 Å². The van der Waals surface area contributed by atoms with Gasteiger partial charge >= 0.3 is 0 Å². The van der Waals surface area contributed by atoms with Gasteiger partial charge in [0.05, 0.1) is 53.6 Å². The van der Waals surface area contributed by atoms with Crippen molar-refractivity contribution in [1.82, 2.24) is 34.5 Å². The molecule has 0 N–H and O–H groups in total. The van der Waals surface area contributed by atoms with Crippen molar-refractivity contribution in [2.24, 2.45) is 0 Å². The number of nitrogens with zero attached hydrogens (tertiary/aromatic N) is 7. The molecule has 1 aromatic carbocycles. The maximum atomic E-state index is 6.01. The largest absolute Gasteiger partial charge is 0.492 e. The Kier molecular flexibility index (Phi) is 7.80. The number of aryl methyl sites for hydroxylation is 8. The van der Waals surface area contributed by atoms with Gasteiger partial charge in [0.25, 0.3) is 0 Å². The summed E-state index contributed by atoms with van der Waals surface area (Å²) in [4.78, 5) is 4.51. The first-order valence-electron chi connectivity index (χ1n) is 15.3. The van der Waals surface area contributed by atoms with E-state index >= 15 is 0 Å². The summed E-state index contributed by atoms with van der Waals surface area (Å²) in [5.74, 6) is 1.48. The minimum Gasteiger partial charge on any atom is -0.492 e. The van der Waals surface area contributed by atoms with E-state index in [1.807, 2.05) is 64.2 Å². The van der Waals surface area contributed by atoms with Crippen LogP contribution in [0.2, 0.25) is 0 Å². The molecule has 9 nitrogen and oxygen atoms in total. The first kappa shape index (κ1) is 29.3. The van der Waals surface area contributed by atoms with E-state index in [4.69, 9.17) is 19.7 Å². The Morgan fingerprint density at radius 2 is 1.14 bits per heavy atom. The molecule has 6 rings (SSSR count). The van der Waals surface area contributed by atoms with E-state index in [9.17, 15) is 0 Å². The molecular formula is C35H39N7O2.